The maximum atomic E-state index is 13.5. The molecule has 1 amide bonds. The van der Waals surface area contributed by atoms with Crippen molar-refractivity contribution in [2.75, 3.05) is 40.9 Å². The standard InChI is InChI=1S/C62H123N2O7P/c1-7-10-13-16-19-22-25-28-29-30-31-32-33-34-35-37-39-42-45-48-51-54-61(65)63-59(58-70-72(67,68)69-57-56-64(4,5)6)60(53-50-47-44-41-38-27-24-21-18-15-12-9-3)71-62(66)55-52-49-46-43-40-36-26-23-20-17-14-11-8-2/h50,53,59-60H,7-49,51-52,54-58H2,1-6H3,(H-,63,65,67,68)/b53-50+. The summed E-state index contributed by atoms with van der Waals surface area (Å²) < 4.78 is 30.3. The third-order valence-electron chi connectivity index (χ3n) is 14.5. The molecule has 0 aliphatic carbocycles. The lowest BCUT2D eigenvalue weighted by molar-refractivity contribution is -0.870. The highest BCUT2D eigenvalue weighted by Gasteiger charge is 2.27. The van der Waals surface area contributed by atoms with Crippen LogP contribution in [0.5, 0.6) is 0 Å². The Kier molecular flexibility index (Phi) is 52.2. The number of carbonyl (C=O) groups excluding carboxylic acids is 2. The molecule has 9 nitrogen and oxygen atoms in total. The molecule has 3 unspecified atom stereocenters. The fourth-order valence-electron chi connectivity index (χ4n) is 9.58. The van der Waals surface area contributed by atoms with E-state index in [1.165, 1.54) is 231 Å². The quantitative estimate of drug-likeness (QED) is 0.0212. The number of esters is 1. The zero-order valence-electron chi connectivity index (χ0n) is 48.9. The van der Waals surface area contributed by atoms with Gasteiger partial charge < -0.3 is 28.5 Å². The van der Waals surface area contributed by atoms with Gasteiger partial charge in [-0.2, -0.15) is 0 Å². The molecule has 0 aromatic carbocycles. The molecule has 0 heterocycles. The molecule has 428 valence electrons. The van der Waals surface area contributed by atoms with Crippen LogP contribution in [0.1, 0.15) is 323 Å². The molecule has 0 aromatic rings. The van der Waals surface area contributed by atoms with Crippen molar-refractivity contribution in [3.8, 4) is 0 Å². The molecule has 0 radical (unpaired) electrons. The number of phosphoric acid groups is 1. The van der Waals surface area contributed by atoms with E-state index < -0.39 is 20.0 Å². The summed E-state index contributed by atoms with van der Waals surface area (Å²) >= 11 is 0. The van der Waals surface area contributed by atoms with E-state index in [0.29, 0.717) is 17.4 Å². The monoisotopic (exact) mass is 1040 g/mol. The SMILES string of the molecule is CCCCCCCCCCCC/C=C/C(OC(=O)CCCCCCCCCCCCCCC)C(COP(=O)([O-])OCC[N+](C)(C)C)NC(=O)CCCCCCCCCCCCCCCCCCCCCCC. The van der Waals surface area contributed by atoms with E-state index in [0.717, 1.165) is 57.8 Å². The first-order valence-electron chi connectivity index (χ1n) is 31.5. The Morgan fingerprint density at radius 1 is 0.472 bits per heavy atom. The van der Waals surface area contributed by atoms with Gasteiger partial charge in [0.2, 0.25) is 5.91 Å². The smallest absolute Gasteiger partial charge is 0.306 e. The van der Waals surface area contributed by atoms with Crippen molar-refractivity contribution in [3.05, 3.63) is 12.2 Å². The number of nitrogens with one attached hydrogen (secondary N) is 1. The van der Waals surface area contributed by atoms with Gasteiger partial charge in [-0.25, -0.2) is 0 Å². The largest absolute Gasteiger partial charge is 0.756 e. The fourth-order valence-corrected chi connectivity index (χ4v) is 10.3. The van der Waals surface area contributed by atoms with Crippen molar-refractivity contribution in [1.29, 1.82) is 0 Å². The Balaban J connectivity index is 5.14. The summed E-state index contributed by atoms with van der Waals surface area (Å²) in [5, 5.41) is 3.04. The predicted molar refractivity (Wildman–Crippen MR) is 307 cm³/mol. The second-order valence-corrected chi connectivity index (χ2v) is 24.3. The summed E-state index contributed by atoms with van der Waals surface area (Å²) in [6.45, 7) is 6.89. The third kappa shape index (κ3) is 53.6. The van der Waals surface area contributed by atoms with Crippen LogP contribution in [-0.2, 0) is 27.9 Å². The summed E-state index contributed by atoms with van der Waals surface area (Å²) in [4.78, 5) is 39.9. The second-order valence-electron chi connectivity index (χ2n) is 22.9. The number of quaternary nitrogens is 1. The molecule has 0 spiro atoms. The van der Waals surface area contributed by atoms with Crippen molar-refractivity contribution in [2.24, 2.45) is 0 Å². The number of likely N-dealkylation sites (N-methyl/N-ethyl adjacent to an activating group) is 1. The molecule has 0 saturated carbocycles. The molecule has 10 heteroatoms. The molecule has 0 aliphatic heterocycles. The molecule has 0 aromatic heterocycles. The van der Waals surface area contributed by atoms with Gasteiger partial charge in [-0.3, -0.25) is 14.2 Å². The lowest BCUT2D eigenvalue weighted by atomic mass is 10.0. The van der Waals surface area contributed by atoms with E-state index in [2.05, 4.69) is 26.1 Å². The van der Waals surface area contributed by atoms with E-state index in [9.17, 15) is 19.0 Å². The summed E-state index contributed by atoms with van der Waals surface area (Å²) in [6, 6.07) is -0.878. The van der Waals surface area contributed by atoms with Crippen LogP contribution in [0, 0.1) is 0 Å². The van der Waals surface area contributed by atoms with Crippen LogP contribution < -0.4 is 10.2 Å². The van der Waals surface area contributed by atoms with Gasteiger partial charge in [-0.15, -0.1) is 0 Å². The normalized spacial score (nSPS) is 13.7. The highest BCUT2D eigenvalue weighted by Crippen LogP contribution is 2.38. The molecule has 0 aliphatic rings. The van der Waals surface area contributed by atoms with Crippen LogP contribution in [0.3, 0.4) is 0 Å². The van der Waals surface area contributed by atoms with E-state index in [-0.39, 0.29) is 31.5 Å². The lowest BCUT2D eigenvalue weighted by Gasteiger charge is -2.30. The Morgan fingerprint density at radius 2 is 0.792 bits per heavy atom. The predicted octanol–water partition coefficient (Wildman–Crippen LogP) is 18.5. The molecule has 3 atom stereocenters. The summed E-state index contributed by atoms with van der Waals surface area (Å²) in [5.41, 5.74) is 0. The first-order valence-corrected chi connectivity index (χ1v) is 33.0. The number of ether oxygens (including phenoxy) is 1. The zero-order chi connectivity index (χ0) is 52.9. The Bertz CT molecular complexity index is 1240. The first-order chi connectivity index (χ1) is 34.9. The van der Waals surface area contributed by atoms with Crippen LogP contribution in [0.25, 0.3) is 0 Å². The Labute approximate surface area is 448 Å². The molecular formula is C62H123N2O7P. The van der Waals surface area contributed by atoms with Gasteiger partial charge in [0.25, 0.3) is 7.82 Å². The Morgan fingerprint density at radius 3 is 1.14 bits per heavy atom. The molecule has 0 fully saturated rings. The zero-order valence-corrected chi connectivity index (χ0v) is 49.8. The van der Waals surface area contributed by atoms with Crippen molar-refractivity contribution in [1.82, 2.24) is 5.32 Å². The Hall–Kier alpha value is -1.25. The summed E-state index contributed by atoms with van der Waals surface area (Å²) in [6.07, 6.45) is 60.3. The third-order valence-corrected chi connectivity index (χ3v) is 15.4. The number of rotatable bonds is 58. The fraction of sp³-hybridized carbons (Fsp3) is 0.935. The number of allylic oxidation sites excluding steroid dienone is 1. The van der Waals surface area contributed by atoms with Crippen LogP contribution in [0.2, 0.25) is 0 Å². The van der Waals surface area contributed by atoms with E-state index in [4.69, 9.17) is 13.8 Å². The number of carbonyl (C=O) groups is 2. The van der Waals surface area contributed by atoms with Gasteiger partial charge in [0.15, 0.2) is 0 Å². The number of nitrogens with zero attached hydrogens (tertiary/aromatic N) is 1. The van der Waals surface area contributed by atoms with Crippen LogP contribution >= 0.6 is 7.82 Å². The minimum Gasteiger partial charge on any atom is -0.756 e. The van der Waals surface area contributed by atoms with Gasteiger partial charge >= 0.3 is 5.97 Å². The number of unbranched alkanes of at least 4 members (excludes halogenated alkanes) is 42. The number of amides is 1. The van der Waals surface area contributed by atoms with E-state index >= 15 is 0 Å². The molecule has 72 heavy (non-hydrogen) atoms. The average molecular weight is 1040 g/mol. The van der Waals surface area contributed by atoms with Crippen LogP contribution in [0.4, 0.5) is 0 Å². The highest BCUT2D eigenvalue weighted by molar-refractivity contribution is 7.45. The number of hydrogen-bond acceptors (Lipinski definition) is 7. The van der Waals surface area contributed by atoms with E-state index in [1.807, 2.05) is 33.3 Å². The minimum atomic E-state index is -4.69. The molecular weight excluding hydrogens is 916 g/mol. The molecule has 0 saturated heterocycles. The van der Waals surface area contributed by atoms with Gasteiger partial charge in [0.1, 0.15) is 19.3 Å². The number of phosphoric ester groups is 1. The first kappa shape index (κ1) is 70.8. The summed E-state index contributed by atoms with van der Waals surface area (Å²) in [7, 11) is 1.21. The van der Waals surface area contributed by atoms with Crippen LogP contribution in [-0.4, -0.2) is 69.4 Å². The minimum absolute atomic E-state index is 0.0168. The number of hydrogen-bond donors (Lipinski definition) is 1. The van der Waals surface area contributed by atoms with Crippen molar-refractivity contribution in [2.45, 2.75) is 335 Å². The lowest BCUT2D eigenvalue weighted by Crippen LogP contribution is -2.47. The second kappa shape index (κ2) is 53.2. The van der Waals surface area contributed by atoms with E-state index in [1.54, 1.807) is 0 Å². The average Bonchev–Trinajstić information content (AvgIpc) is 3.34. The molecule has 0 bridgehead atoms. The van der Waals surface area contributed by atoms with Crippen molar-refractivity contribution >= 4 is 19.7 Å². The van der Waals surface area contributed by atoms with Crippen molar-refractivity contribution in [3.63, 3.8) is 0 Å². The molecule has 0 rings (SSSR count). The van der Waals surface area contributed by atoms with Gasteiger partial charge in [0, 0.05) is 12.8 Å². The van der Waals surface area contributed by atoms with Gasteiger partial charge in [-0.1, -0.05) is 290 Å². The maximum absolute atomic E-state index is 13.5. The maximum Gasteiger partial charge on any atom is 0.306 e. The molecule has 1 N–H and O–H groups in total. The van der Waals surface area contributed by atoms with Gasteiger partial charge in [-0.05, 0) is 31.8 Å². The highest BCUT2D eigenvalue weighted by atomic mass is 31.2. The summed E-state index contributed by atoms with van der Waals surface area (Å²) in [5.74, 6) is -0.520. The van der Waals surface area contributed by atoms with Gasteiger partial charge in [0.05, 0.1) is 33.8 Å². The van der Waals surface area contributed by atoms with Crippen LogP contribution in [0.15, 0.2) is 12.2 Å². The van der Waals surface area contributed by atoms with Crippen molar-refractivity contribution < 1.29 is 37.3 Å². The topological polar surface area (TPSA) is 114 Å².